The van der Waals surface area contributed by atoms with E-state index in [1.807, 2.05) is 26.0 Å². The molecule has 0 aromatic heterocycles. The van der Waals surface area contributed by atoms with Crippen LogP contribution in [0.4, 0.5) is 8.78 Å². The van der Waals surface area contributed by atoms with Crippen molar-refractivity contribution in [2.45, 2.75) is 328 Å². The molecule has 6 saturated heterocycles. The second-order valence-electron chi connectivity index (χ2n) is 39.9. The van der Waals surface area contributed by atoms with Crippen molar-refractivity contribution in [3.63, 3.8) is 0 Å². The molecule has 28 atom stereocenters. The highest BCUT2D eigenvalue weighted by molar-refractivity contribution is 6.27. The Bertz CT molecular complexity index is 3400. The highest BCUT2D eigenvalue weighted by atomic mass is 35.5. The molecule has 28 heteroatoms. The summed E-state index contributed by atoms with van der Waals surface area (Å²) in [5, 5.41) is 51.0. The predicted octanol–water partition coefficient (Wildman–Crippen LogP) is 12.0. The van der Waals surface area contributed by atoms with Crippen LogP contribution < -0.4 is 22.1 Å². The van der Waals surface area contributed by atoms with Crippen LogP contribution in [0.5, 0.6) is 0 Å². The van der Waals surface area contributed by atoms with Crippen LogP contribution in [0.25, 0.3) is 20.9 Å². The molecule has 6 aliphatic heterocycles. The lowest BCUT2D eigenvalue weighted by Crippen LogP contribution is -2.49. The lowest BCUT2D eigenvalue weighted by molar-refractivity contribution is -0.146. The van der Waals surface area contributed by atoms with Gasteiger partial charge in [-0.15, -0.1) is 11.6 Å². The van der Waals surface area contributed by atoms with E-state index in [2.05, 4.69) is 71.4 Å². The highest BCUT2D eigenvalue weighted by Crippen LogP contribution is 2.60. The van der Waals surface area contributed by atoms with Gasteiger partial charge in [0.2, 0.25) is 17.7 Å². The molecular weight excluding hydrogens is 1430 g/mol. The minimum Gasteiger partial charge on any atom is -0.393 e. The van der Waals surface area contributed by atoms with Crippen LogP contribution in [0, 0.1) is 111 Å². The van der Waals surface area contributed by atoms with Gasteiger partial charge in [-0.1, -0.05) is 31.0 Å². The molecule has 3 amide bonds. The number of aliphatic hydroxyl groups is 1. The van der Waals surface area contributed by atoms with Crippen LogP contribution in [-0.2, 0) is 38.2 Å². The smallest absolute Gasteiger partial charge is 0.238 e. The quantitative estimate of drug-likeness (QED) is 0.0619. The van der Waals surface area contributed by atoms with Gasteiger partial charge in [0.05, 0.1) is 87.1 Å². The number of nitriles is 3. The van der Waals surface area contributed by atoms with Crippen molar-refractivity contribution < 1.29 is 52.1 Å². The van der Waals surface area contributed by atoms with Gasteiger partial charge in [0.15, 0.2) is 0 Å². The number of hydrogen-bond donors (Lipinski definition) is 5. The molecule has 18 rings (SSSR count). The Hall–Kier alpha value is -5.33. The summed E-state index contributed by atoms with van der Waals surface area (Å²) in [6.45, 7) is 19.1. The van der Waals surface area contributed by atoms with Gasteiger partial charge in [-0.2, -0.15) is 15.8 Å². The third kappa shape index (κ3) is 19.6. The molecule has 0 aromatic carbocycles. The van der Waals surface area contributed by atoms with E-state index in [0.29, 0.717) is 89.8 Å². The number of nitrogens with one attached hydrogen (secondary N) is 2. The number of ether oxygens (including phenoxy) is 3. The van der Waals surface area contributed by atoms with E-state index in [9.17, 15) is 43.1 Å². The number of ketones is 2. The Morgan fingerprint density at radius 3 is 1.12 bits per heavy atom. The van der Waals surface area contributed by atoms with Crippen molar-refractivity contribution in [1.29, 1.82) is 15.8 Å². The van der Waals surface area contributed by atoms with Crippen molar-refractivity contribution in [2.24, 2.45) is 98.6 Å². The maximum Gasteiger partial charge on any atom is 0.238 e. The fourth-order valence-corrected chi connectivity index (χ4v) is 25.3. The lowest BCUT2D eigenvalue weighted by atomic mass is 9.86. The topological polar surface area (TPSA) is 388 Å². The molecule has 18 aliphatic rings. The number of Topliss-reactive ketones (excluding diaryl/α,β-unsaturated/α-hetero) is 2. The molecule has 6 heterocycles. The second-order valence-corrected chi connectivity index (χ2v) is 40.1. The summed E-state index contributed by atoms with van der Waals surface area (Å²) in [7, 11) is 0. The number of halogens is 3. The molecule has 0 radical (unpaired) electrons. The van der Waals surface area contributed by atoms with Crippen molar-refractivity contribution in [3.05, 3.63) is 20.9 Å². The Morgan fingerprint density at radius 1 is 0.500 bits per heavy atom. The average Bonchev–Trinajstić information content (AvgIpc) is 1.62. The van der Waals surface area contributed by atoms with Crippen molar-refractivity contribution in [2.75, 3.05) is 58.4 Å². The SMILES string of the molecule is CC1(N)C[C@@H]2CC3(CCO3)C[C@@H]2C1.CC1(N)C[C@H]2CC(=O)C[C@H]2C1.CC1(N=[N+]=[N-])C[C@H]2CC(=O)C[C@H]2C1.CC1(N=[N+]=[N-])C[C@H]2CC(O)C[C@H]2C1.CC1(NCC(=O)N2C[C@@H](F)C[C@H]2C#N)C[C@@H]2CC3(CCO3)C[C@@H]2C1.C[C@H]1C[C@@H](C#N)N(C(=O)CNC2(C)C[C@@H]3CC4(CCO4)C[C@@H]3C2)C1.N#C[C@@H]1C[C@H](F)CN1C(=O)CCl. The first kappa shape index (κ1) is 84.1. The number of rotatable bonds is 9. The first-order chi connectivity index (χ1) is 51.9. The van der Waals surface area contributed by atoms with Crippen molar-refractivity contribution in [3.8, 4) is 18.2 Å². The molecule has 3 spiro atoms. The zero-order valence-corrected chi connectivity index (χ0v) is 67.2. The molecule has 12 aliphatic carbocycles. The van der Waals surface area contributed by atoms with E-state index in [-0.39, 0.29) is 113 Å². The van der Waals surface area contributed by atoms with Gasteiger partial charge in [-0.3, -0.25) is 24.0 Å². The van der Waals surface area contributed by atoms with Gasteiger partial charge in [-0.05, 0) is 270 Å². The van der Waals surface area contributed by atoms with E-state index in [1.165, 1.54) is 67.6 Å². The van der Waals surface area contributed by atoms with E-state index >= 15 is 0 Å². The van der Waals surface area contributed by atoms with Crippen LogP contribution in [0.3, 0.4) is 0 Å². The van der Waals surface area contributed by atoms with Gasteiger partial charge in [0.25, 0.3) is 0 Å². The third-order valence-electron chi connectivity index (χ3n) is 29.8. The predicted molar refractivity (Wildman–Crippen MR) is 409 cm³/mol. The number of nitrogens with zero attached hydrogens (tertiary/aromatic N) is 12. The van der Waals surface area contributed by atoms with Crippen LogP contribution in [-0.4, -0.2) is 194 Å². The first-order valence-electron chi connectivity index (χ1n) is 41.7. The Morgan fingerprint density at radius 2 is 0.800 bits per heavy atom. The minimum atomic E-state index is -1.08. The van der Waals surface area contributed by atoms with Gasteiger partial charge < -0.3 is 56.1 Å². The lowest BCUT2D eigenvalue weighted by Gasteiger charge is -2.40. The number of fused-ring (bicyclic) bond motifs is 6. The standard InChI is InChI=1S/C19H29N3O2.C18H26FN3O2.C11H19NO.C9H15N3O.C9H13N3O.C9H15NO.C7H8ClFN2O/c1-13-5-16(10-20)22(12-13)17(23)11-21-18(2)6-14-8-19(3-4-24-19)9-15(14)7-18;1-17(5-12-7-18(2-3-24-18)8-13(12)6-17)21-10-16(23)22-11-14(19)4-15(22)9-20;1-10(12)4-8-6-11(2-3-13-11)7-9(8)5-10;2*1-9(11-12-10)4-6-2-8(13)3-7(6)5-9;1-9(10)4-6-2-8(11)3-7(6)5-9;8-2-7(12)11-4-5(9)1-6(11)3-10/h13-16,21H,3-9,11-12H2,1-2H3;12-15,21H,2-8,10-11H2,1H3;8-9H,2-7,12H2,1H3;6-8,13H,2-5H2,1H3;6-7H,2-5H2,1H3;6-7H,2-5,10H2,1H3;5-6H,1-2,4H2/t13-,14-,15+,16-,18?,19?;12-,13+,14-,15-,17?,18?;8-,9+,10?,11?;6-,7+,8?,9?;2*6-,7+,9?;5-,6-/m00....0/s1. The number of nitrogens with two attached hydrogens (primary N) is 2. The van der Waals surface area contributed by atoms with E-state index in [4.69, 9.17) is 58.9 Å². The maximum absolute atomic E-state index is 13.5. The summed E-state index contributed by atoms with van der Waals surface area (Å²) in [6, 6.07) is 4.71. The third-order valence-corrected chi connectivity index (χ3v) is 30.1. The zero-order chi connectivity index (χ0) is 79.2. The molecule has 25 nitrogen and oxygen atoms in total. The fourth-order valence-electron chi connectivity index (χ4n) is 25.1. The summed E-state index contributed by atoms with van der Waals surface area (Å²) in [5.74, 6) is 8.65. The van der Waals surface area contributed by atoms with Crippen LogP contribution in [0.1, 0.15) is 241 Å². The van der Waals surface area contributed by atoms with Gasteiger partial charge in [0, 0.05) is 88.1 Å². The Balaban J connectivity index is 0.000000122. The van der Waals surface area contributed by atoms with Crippen molar-refractivity contribution in [1.82, 2.24) is 25.3 Å². The van der Waals surface area contributed by atoms with E-state index in [0.717, 1.165) is 159 Å². The number of hydrogen-bond acceptors (Lipinski definition) is 18. The summed E-state index contributed by atoms with van der Waals surface area (Å²) in [4.78, 5) is 68.2. The molecule has 12 saturated carbocycles. The monoisotopic (exact) mass is 1550 g/mol. The largest absolute Gasteiger partial charge is 0.393 e. The number of amides is 3. The van der Waals surface area contributed by atoms with E-state index < -0.39 is 24.4 Å². The normalized spacial score (nSPS) is 46.4. The van der Waals surface area contributed by atoms with Crippen molar-refractivity contribution >= 4 is 40.9 Å². The van der Waals surface area contributed by atoms with Crippen LogP contribution in [0.2, 0.25) is 0 Å². The minimum absolute atomic E-state index is 0.00375. The summed E-state index contributed by atoms with van der Waals surface area (Å²) in [6.07, 6.45) is 27.4. The summed E-state index contributed by atoms with van der Waals surface area (Å²) < 4.78 is 43.6. The Labute approximate surface area is 654 Å². The first-order valence-corrected chi connectivity index (χ1v) is 42.2. The summed E-state index contributed by atoms with van der Waals surface area (Å²) in [5.41, 5.74) is 29.5. The Kier molecular flexibility index (Phi) is 25.6. The molecule has 18 fully saturated rings. The fraction of sp³-hybridized carbons (Fsp3) is 0.902. The molecule has 110 heavy (non-hydrogen) atoms. The molecule has 0 bridgehead atoms. The maximum atomic E-state index is 13.5. The van der Waals surface area contributed by atoms with Crippen LogP contribution >= 0.6 is 11.6 Å². The number of aliphatic hydroxyl groups excluding tert-OH is 1. The number of azide groups is 2. The number of likely N-dealkylation sites (tertiary alicyclic amines) is 3. The second kappa shape index (κ2) is 33.5. The average molecular weight is 1550 g/mol. The molecule has 0 aromatic rings. The summed E-state index contributed by atoms with van der Waals surface area (Å²) >= 11 is 5.28. The van der Waals surface area contributed by atoms with Gasteiger partial charge >= 0.3 is 0 Å². The van der Waals surface area contributed by atoms with Crippen LogP contribution in [0.15, 0.2) is 10.2 Å². The molecule has 10 unspecified atom stereocenters. The number of alkyl halides is 3. The number of carbonyl (C=O) groups excluding carboxylic acids is 5. The highest BCUT2D eigenvalue weighted by Gasteiger charge is 2.59. The van der Waals surface area contributed by atoms with Gasteiger partial charge in [-0.25, -0.2) is 8.78 Å². The molecular formula is C82H125ClF2N16O9. The zero-order valence-electron chi connectivity index (χ0n) is 66.4. The molecule has 608 valence electrons. The van der Waals surface area contributed by atoms with E-state index in [1.54, 1.807) is 4.90 Å². The molecule has 7 N–H and O–H groups in total. The number of carbonyl (C=O) groups is 5. The van der Waals surface area contributed by atoms with Gasteiger partial charge in [0.1, 0.15) is 47.9 Å².